The fourth-order valence-electron chi connectivity index (χ4n) is 3.72. The third-order valence-corrected chi connectivity index (χ3v) is 5.40. The fraction of sp³-hybridized carbons (Fsp3) is 0.304. The van der Waals surface area contributed by atoms with Crippen molar-refractivity contribution in [1.82, 2.24) is 20.2 Å². The van der Waals surface area contributed by atoms with Crippen molar-refractivity contribution in [3.8, 4) is 5.75 Å². The van der Waals surface area contributed by atoms with Crippen LogP contribution >= 0.6 is 0 Å². The molecule has 0 radical (unpaired) electrons. The van der Waals surface area contributed by atoms with Crippen molar-refractivity contribution in [2.45, 2.75) is 25.3 Å². The first-order chi connectivity index (χ1) is 14.6. The van der Waals surface area contributed by atoms with Gasteiger partial charge in [-0.15, -0.1) is 0 Å². The second-order valence-corrected chi connectivity index (χ2v) is 7.36. The molecular formula is C23H24N4O3. The van der Waals surface area contributed by atoms with Gasteiger partial charge in [0.25, 0.3) is 5.91 Å². The number of benzene rings is 2. The number of fused-ring (bicyclic) bond motifs is 1. The number of hydrogen-bond donors (Lipinski definition) is 1. The lowest BCUT2D eigenvalue weighted by molar-refractivity contribution is -0.131. The maximum atomic E-state index is 12.7. The van der Waals surface area contributed by atoms with Crippen molar-refractivity contribution in [3.63, 3.8) is 0 Å². The van der Waals surface area contributed by atoms with Gasteiger partial charge in [0, 0.05) is 24.7 Å². The Morgan fingerprint density at radius 3 is 2.53 bits per heavy atom. The van der Waals surface area contributed by atoms with E-state index in [1.807, 2.05) is 53.4 Å². The summed E-state index contributed by atoms with van der Waals surface area (Å²) in [6, 6.07) is 15.0. The molecule has 30 heavy (non-hydrogen) atoms. The van der Waals surface area contributed by atoms with Crippen molar-refractivity contribution >= 4 is 22.8 Å². The molecule has 0 unspecified atom stereocenters. The summed E-state index contributed by atoms with van der Waals surface area (Å²) in [4.78, 5) is 35.8. The van der Waals surface area contributed by atoms with E-state index in [4.69, 9.17) is 4.74 Å². The van der Waals surface area contributed by atoms with Gasteiger partial charge in [-0.05, 0) is 31.0 Å². The van der Waals surface area contributed by atoms with Gasteiger partial charge >= 0.3 is 0 Å². The molecule has 154 valence electrons. The van der Waals surface area contributed by atoms with E-state index < -0.39 is 0 Å². The van der Waals surface area contributed by atoms with Crippen LogP contribution in [0.15, 0.2) is 54.7 Å². The Morgan fingerprint density at radius 1 is 1.07 bits per heavy atom. The smallest absolute Gasteiger partial charge is 0.271 e. The van der Waals surface area contributed by atoms with Gasteiger partial charge in [-0.3, -0.25) is 14.6 Å². The maximum absolute atomic E-state index is 12.7. The summed E-state index contributed by atoms with van der Waals surface area (Å²) in [5, 5.41) is 3.03. The number of aromatic nitrogens is 2. The molecular weight excluding hydrogens is 380 g/mol. The number of hydrogen-bond acceptors (Lipinski definition) is 5. The minimum absolute atomic E-state index is 0.0149. The van der Waals surface area contributed by atoms with E-state index in [2.05, 4.69) is 15.3 Å². The Bertz CT molecular complexity index is 1060. The number of carbonyl (C=O) groups is 2. The Hall–Kier alpha value is -3.48. The first-order valence-electron chi connectivity index (χ1n) is 10.1. The number of ether oxygens (including phenoxy) is 1. The van der Waals surface area contributed by atoms with Crippen LogP contribution in [-0.4, -0.2) is 52.9 Å². The van der Waals surface area contributed by atoms with Crippen LogP contribution < -0.4 is 10.1 Å². The summed E-state index contributed by atoms with van der Waals surface area (Å²) in [7, 11) is 1.61. The molecule has 7 nitrogen and oxygen atoms in total. The molecule has 1 saturated heterocycles. The summed E-state index contributed by atoms with van der Waals surface area (Å²) in [5.74, 6) is 0.571. The summed E-state index contributed by atoms with van der Waals surface area (Å²) in [5.41, 5.74) is 2.65. The molecule has 3 aromatic rings. The second-order valence-electron chi connectivity index (χ2n) is 7.36. The average Bonchev–Trinajstić information content (AvgIpc) is 2.79. The summed E-state index contributed by atoms with van der Waals surface area (Å²) >= 11 is 0. The van der Waals surface area contributed by atoms with Gasteiger partial charge in [0.15, 0.2) is 0 Å². The highest BCUT2D eigenvalue weighted by atomic mass is 16.5. The van der Waals surface area contributed by atoms with Crippen molar-refractivity contribution in [2.75, 3.05) is 20.2 Å². The zero-order chi connectivity index (χ0) is 20.9. The minimum Gasteiger partial charge on any atom is -0.496 e. The number of para-hydroxylation sites is 3. The number of amides is 2. The van der Waals surface area contributed by atoms with E-state index in [0.29, 0.717) is 43.6 Å². The molecule has 0 saturated carbocycles. The van der Waals surface area contributed by atoms with Crippen molar-refractivity contribution < 1.29 is 14.3 Å². The predicted molar refractivity (Wildman–Crippen MR) is 113 cm³/mol. The molecule has 1 aromatic heterocycles. The van der Waals surface area contributed by atoms with Crippen LogP contribution in [0.5, 0.6) is 5.75 Å². The average molecular weight is 404 g/mol. The maximum Gasteiger partial charge on any atom is 0.271 e. The minimum atomic E-state index is -0.230. The molecule has 0 bridgehead atoms. The van der Waals surface area contributed by atoms with Crippen LogP contribution in [0, 0.1) is 0 Å². The molecule has 2 heterocycles. The normalized spacial score (nSPS) is 14.5. The molecule has 4 rings (SSSR count). The van der Waals surface area contributed by atoms with Gasteiger partial charge in [0.05, 0.1) is 30.8 Å². The lowest BCUT2D eigenvalue weighted by Crippen LogP contribution is -2.47. The standard InChI is InChI=1S/C23H24N4O3/c1-30-21-9-5-2-6-16(21)14-22(28)27-12-10-17(11-13-27)25-23(29)20-15-24-18-7-3-4-8-19(18)26-20/h2-9,15,17H,10-14H2,1H3,(H,25,29). The third kappa shape index (κ3) is 4.40. The molecule has 1 N–H and O–H groups in total. The third-order valence-electron chi connectivity index (χ3n) is 5.40. The number of methoxy groups -OCH3 is 1. The van der Waals surface area contributed by atoms with Crippen molar-refractivity contribution in [3.05, 3.63) is 66.0 Å². The lowest BCUT2D eigenvalue weighted by Gasteiger charge is -2.32. The molecule has 1 aliphatic rings. The molecule has 2 aromatic carbocycles. The van der Waals surface area contributed by atoms with Crippen LogP contribution in [0.2, 0.25) is 0 Å². The Balaban J connectivity index is 1.31. The number of carbonyl (C=O) groups excluding carboxylic acids is 2. The van der Waals surface area contributed by atoms with Crippen LogP contribution in [0.3, 0.4) is 0 Å². The second kappa shape index (κ2) is 8.90. The predicted octanol–water partition coefficient (Wildman–Crippen LogP) is 2.60. The Labute approximate surface area is 175 Å². The van der Waals surface area contributed by atoms with Crippen molar-refractivity contribution in [1.29, 1.82) is 0 Å². The Kier molecular flexibility index (Phi) is 5.88. The number of likely N-dealkylation sites (tertiary alicyclic amines) is 1. The molecule has 0 spiro atoms. The van der Waals surface area contributed by atoms with Crippen LogP contribution in [0.1, 0.15) is 28.9 Å². The number of nitrogens with zero attached hydrogens (tertiary/aromatic N) is 3. The van der Waals surface area contributed by atoms with Gasteiger partial charge in [-0.1, -0.05) is 30.3 Å². The van der Waals surface area contributed by atoms with Crippen LogP contribution in [0.25, 0.3) is 11.0 Å². The van der Waals surface area contributed by atoms with E-state index in [1.54, 1.807) is 7.11 Å². The largest absolute Gasteiger partial charge is 0.496 e. The van der Waals surface area contributed by atoms with Gasteiger partial charge in [-0.25, -0.2) is 4.98 Å². The highest BCUT2D eigenvalue weighted by Crippen LogP contribution is 2.20. The highest BCUT2D eigenvalue weighted by molar-refractivity contribution is 5.94. The molecule has 2 amide bonds. The molecule has 1 aliphatic heterocycles. The first kappa shape index (κ1) is 19.8. The fourth-order valence-corrected chi connectivity index (χ4v) is 3.72. The number of rotatable bonds is 5. The summed E-state index contributed by atoms with van der Waals surface area (Å²) in [6.45, 7) is 1.23. The van der Waals surface area contributed by atoms with E-state index in [0.717, 1.165) is 16.8 Å². The molecule has 7 heteroatoms. The highest BCUT2D eigenvalue weighted by Gasteiger charge is 2.25. The topological polar surface area (TPSA) is 84.4 Å². The number of piperidine rings is 1. The van der Waals surface area contributed by atoms with Gasteiger partial charge < -0.3 is 15.0 Å². The van der Waals surface area contributed by atoms with Crippen LogP contribution in [-0.2, 0) is 11.2 Å². The van der Waals surface area contributed by atoms with Gasteiger partial charge in [0.1, 0.15) is 11.4 Å². The SMILES string of the molecule is COc1ccccc1CC(=O)N1CCC(NC(=O)c2cnc3ccccc3n2)CC1. The summed E-state index contributed by atoms with van der Waals surface area (Å²) < 4.78 is 5.33. The molecule has 0 atom stereocenters. The number of nitrogens with one attached hydrogen (secondary N) is 1. The Morgan fingerprint density at radius 2 is 1.77 bits per heavy atom. The first-order valence-corrected chi connectivity index (χ1v) is 10.1. The molecule has 1 fully saturated rings. The van der Waals surface area contributed by atoms with Gasteiger partial charge in [0.2, 0.25) is 5.91 Å². The molecule has 0 aliphatic carbocycles. The monoisotopic (exact) mass is 404 g/mol. The zero-order valence-corrected chi connectivity index (χ0v) is 16.9. The van der Waals surface area contributed by atoms with Gasteiger partial charge in [-0.2, -0.15) is 0 Å². The van der Waals surface area contributed by atoms with E-state index in [1.165, 1.54) is 6.20 Å². The lowest BCUT2D eigenvalue weighted by atomic mass is 10.0. The van der Waals surface area contributed by atoms with E-state index >= 15 is 0 Å². The van der Waals surface area contributed by atoms with Crippen LogP contribution in [0.4, 0.5) is 0 Å². The summed E-state index contributed by atoms with van der Waals surface area (Å²) in [6.07, 6.45) is 3.24. The van der Waals surface area contributed by atoms with E-state index in [9.17, 15) is 9.59 Å². The van der Waals surface area contributed by atoms with E-state index in [-0.39, 0.29) is 17.9 Å². The zero-order valence-electron chi connectivity index (χ0n) is 16.9. The quantitative estimate of drug-likeness (QED) is 0.707. The van der Waals surface area contributed by atoms with Crippen molar-refractivity contribution in [2.24, 2.45) is 0 Å².